The quantitative estimate of drug-likeness (QED) is 0.0643. The van der Waals surface area contributed by atoms with E-state index in [2.05, 4.69) is 18.9 Å². The smallest absolute Gasteiger partial charge is 0.373 e. The lowest BCUT2D eigenvalue weighted by atomic mass is 9.99. The highest BCUT2D eigenvalue weighted by Gasteiger charge is 2.61. The summed E-state index contributed by atoms with van der Waals surface area (Å²) in [5, 5.41) is 370. The highest BCUT2D eigenvalue weighted by Crippen LogP contribution is 2.40. The zero-order valence-electron chi connectivity index (χ0n) is 61.9. The zero-order valence-corrected chi connectivity index (χ0v) is 61.9. The van der Waals surface area contributed by atoms with Crippen LogP contribution in [-0.4, -0.2) is 571 Å². The van der Waals surface area contributed by atoms with Crippen LogP contribution < -0.4 is 0 Å². The second-order valence-corrected chi connectivity index (χ2v) is 26.5. The minimum Gasteiger partial charge on any atom is -0.394 e. The van der Waals surface area contributed by atoms with Crippen molar-refractivity contribution in [2.24, 2.45) is 0 Å². The molecule has 10 fully saturated rings. The zero-order chi connectivity index (χ0) is 92.0. The number of ether oxygens (including phenoxy) is 13. The molecule has 702 valence electrons. The summed E-state index contributed by atoms with van der Waals surface area (Å²) >= 11 is 0. The topological polar surface area (TPSA) is 1030 Å². The molecule has 0 aromatic rings. The van der Waals surface area contributed by atoms with Gasteiger partial charge in [-0.15, -0.1) is 0 Å². The van der Waals surface area contributed by atoms with Crippen molar-refractivity contribution in [1.29, 1.82) is 0 Å². The van der Waals surface area contributed by atoms with Crippen molar-refractivity contribution in [3.8, 4) is 0 Å². The average Bonchev–Trinajstić information content (AvgIpc) is 1.65. The molecule has 119 heavy (non-hydrogen) atoms. The van der Waals surface area contributed by atoms with E-state index in [9.17, 15) is 91.9 Å². The maximum absolute atomic E-state index is 10.00. The Morgan fingerprint density at radius 3 is 0.849 bits per heavy atom. The molecule has 0 aromatic heterocycles. The predicted octanol–water partition coefficient (Wildman–Crippen LogP) is -27.9. The third-order valence-electron chi connectivity index (χ3n) is 18.5. The van der Waals surface area contributed by atoms with E-state index in [-0.39, 0.29) is 31.7 Å². The standard InChI is InChI=1S/C12H22O11.C12H22O10.C11H20O10.2C6H12O6.2C5H10O5.3CO2/c13-1-4-6(16)8(18)9(19)11(21-4)23-12(3-15)10(20)7(17)5(2-14)22-12;1-12(10(19)7(16)5(3-14)21-12)22-11-9(18)8(17)6(15)4(2-13)20-11;12-1-5-7(16)9(18)11(3-13,20-5)21-10-8(17)6(15)4(14)2-19-10;7-1-3-4(9)5(10)6(11,2-8)12-3;7-1-2-3(8)4(9)5(10)6(11)12-2;6-2-1-10-5(9)4(8)3(2)7;6-1-2-3(7)4(8)5(9)10-2;3*2-1-3/h4-11,13-20H,1-3H2;4-11,13-19H,2-3H2,1H3;4-10,12-18H,1-3H2;3-5,7-11H,1-2H2;2-11H,1H2;2*2-9H,1H2;;;/t2*4-,5-,6-,7-,8+,9-,10+,11-,12+;4-,5-,6+,7-,8-,9+,10-,11+;3-,4-,5+,6-;2-,3-,4+,5-,6+;2-,3+,4-,5+;2-,3-,4+,5-;;;/m1111111.../s1. The van der Waals surface area contributed by atoms with Gasteiger partial charge in [-0.2, -0.15) is 28.8 Å². The van der Waals surface area contributed by atoms with Gasteiger partial charge in [0.15, 0.2) is 43.5 Å². The molecule has 0 amide bonds. The van der Waals surface area contributed by atoms with E-state index in [1.807, 2.05) is 0 Å². The molecule has 10 heterocycles. The van der Waals surface area contributed by atoms with E-state index in [0.717, 1.165) is 0 Å². The van der Waals surface area contributed by atoms with Crippen molar-refractivity contribution in [2.45, 2.75) is 269 Å². The van der Waals surface area contributed by atoms with E-state index >= 15 is 0 Å². The van der Waals surface area contributed by atoms with Gasteiger partial charge in [0.05, 0.1) is 72.7 Å². The maximum Gasteiger partial charge on any atom is 0.373 e. The molecule has 0 radical (unpaired) electrons. The molecule has 0 aromatic carbocycles. The molecule has 0 saturated carbocycles. The summed E-state index contributed by atoms with van der Waals surface area (Å²) in [7, 11) is 0. The molecule has 10 rings (SSSR count). The maximum atomic E-state index is 10.00. The highest BCUT2D eigenvalue weighted by molar-refractivity contribution is 5.20. The van der Waals surface area contributed by atoms with E-state index in [1.54, 1.807) is 0 Å². The monoisotopic (exact) mass is 1770 g/mol. The Kier molecular flexibility index (Phi) is 50.2. The first-order valence-electron chi connectivity index (χ1n) is 34.6. The normalized spacial score (nSPS) is 46.9. The van der Waals surface area contributed by atoms with Crippen LogP contribution in [0, 0.1) is 0 Å². The summed E-state index contributed by atoms with van der Waals surface area (Å²) < 4.78 is 64.7. The van der Waals surface area contributed by atoms with Gasteiger partial charge in [0.2, 0.25) is 17.4 Å². The highest BCUT2D eigenvalue weighted by atomic mass is 16.8. The Hall–Kier alpha value is -3.98. The lowest BCUT2D eigenvalue weighted by Gasteiger charge is -2.43. The van der Waals surface area contributed by atoms with Gasteiger partial charge in [0, 0.05) is 0 Å². The second-order valence-electron chi connectivity index (χ2n) is 26.5. The Morgan fingerprint density at radius 1 is 0.269 bits per heavy atom. The number of aliphatic hydroxyl groups is 40. The summed E-state index contributed by atoms with van der Waals surface area (Å²) in [6, 6.07) is 0. The first kappa shape index (κ1) is 113. The third kappa shape index (κ3) is 29.0. The minimum absolute atomic E-state index is 0.153. The molecule has 0 aliphatic carbocycles. The van der Waals surface area contributed by atoms with Gasteiger partial charge in [0.25, 0.3) is 0 Å². The van der Waals surface area contributed by atoms with Crippen LogP contribution in [0.25, 0.3) is 0 Å². The van der Waals surface area contributed by atoms with E-state index < -0.39 is 335 Å². The molecule has 0 unspecified atom stereocenters. The van der Waals surface area contributed by atoms with Gasteiger partial charge in [-0.25, -0.2) is 0 Å². The first-order valence-corrected chi connectivity index (χ1v) is 34.6. The van der Waals surface area contributed by atoms with Gasteiger partial charge in [-0.3, -0.25) is 0 Å². The molecule has 10 saturated heterocycles. The Labute approximate surface area is 666 Å². The van der Waals surface area contributed by atoms with Crippen molar-refractivity contribution in [2.75, 3.05) is 85.9 Å². The number of rotatable bonds is 17. The molecule has 10 aliphatic heterocycles. The second kappa shape index (κ2) is 52.8. The summed E-state index contributed by atoms with van der Waals surface area (Å²) in [4.78, 5) is 48.8. The van der Waals surface area contributed by atoms with Crippen LogP contribution in [0.5, 0.6) is 0 Å². The summed E-state index contributed by atoms with van der Waals surface area (Å²) in [5.41, 5.74) is 0. The Morgan fingerprint density at radius 2 is 0.538 bits per heavy atom. The number of carbonyl (C=O) groups excluding carboxylic acids is 6. The van der Waals surface area contributed by atoms with Crippen LogP contribution in [0.15, 0.2) is 0 Å². The number of aliphatic hydroxyl groups excluding tert-OH is 39. The number of hydrogen-bond acceptors (Lipinski definition) is 59. The fraction of sp³-hybridized carbons (Fsp3) is 0.950. The largest absolute Gasteiger partial charge is 0.394 e. The first-order chi connectivity index (χ1) is 55.6. The number of hydrogen-bond donors (Lipinski definition) is 40. The average molecular weight is 1770 g/mol. The molecule has 43 atom stereocenters. The van der Waals surface area contributed by atoms with Crippen LogP contribution in [0.4, 0.5) is 0 Å². The van der Waals surface area contributed by atoms with Crippen LogP contribution in [0.2, 0.25) is 0 Å². The predicted molar refractivity (Wildman–Crippen MR) is 345 cm³/mol. The Bertz CT molecular complexity index is 2810. The lowest BCUT2D eigenvalue weighted by molar-refractivity contribution is -0.383. The van der Waals surface area contributed by atoms with Crippen molar-refractivity contribution in [3.05, 3.63) is 0 Å². The molecule has 10 aliphatic rings. The SMILES string of the molecule is C[C@@]1(O[C@H]2O[C@H](CO)[C@@H](O)[C@H](O)[C@H]2O)O[C@H](CO)[C@@H](O)[C@@H]1O.O=C=O.O=C=O.O=C=O.OC[C@H]1O[C@@H](O)[C@@H](O)[C@@H]1O.OC[C@H]1O[C@@](CO)(O[C@H]2OC[C@@H](O)[C@H](O)[C@H]2O)[C@@H](O)[C@@H]1O.OC[C@H]1O[C@@](CO)(O[C@H]2O[C@H](CO)[C@@H](O)[C@H](O)[C@H]2O)[C@@H](O)[C@@H]1O.OC[C@H]1O[C@H](O)[C@H](O)[C@@H](O)[C@@H]1O.OC[C@H]1O[C@](O)(CO)[C@@H](O)[C@@H]1O.O[C@@H]1[C@@H](O)[C@@H](O)OC[C@H]1O. The van der Waals surface area contributed by atoms with Crippen LogP contribution >= 0.6 is 0 Å². The van der Waals surface area contributed by atoms with E-state index in [0.29, 0.717) is 0 Å². The molecular formula is C60H108O59. The van der Waals surface area contributed by atoms with Crippen LogP contribution in [-0.2, 0) is 90.3 Å². The van der Waals surface area contributed by atoms with Crippen molar-refractivity contribution in [3.63, 3.8) is 0 Å². The van der Waals surface area contributed by atoms with Crippen molar-refractivity contribution >= 4 is 18.5 Å². The van der Waals surface area contributed by atoms with Gasteiger partial charge in [-0.05, 0) is 6.92 Å². The van der Waals surface area contributed by atoms with Gasteiger partial charge >= 0.3 is 18.5 Å². The van der Waals surface area contributed by atoms with Gasteiger partial charge in [-0.1, -0.05) is 0 Å². The van der Waals surface area contributed by atoms with Crippen molar-refractivity contribution in [1.82, 2.24) is 0 Å². The lowest BCUT2D eigenvalue weighted by Crippen LogP contribution is -2.62. The summed E-state index contributed by atoms with van der Waals surface area (Å²) in [5.74, 6) is -8.33. The van der Waals surface area contributed by atoms with E-state index in [1.165, 1.54) is 6.92 Å². The molecule has 0 spiro atoms. The van der Waals surface area contributed by atoms with Crippen molar-refractivity contribution < 1.29 is 295 Å². The molecule has 59 heteroatoms. The summed E-state index contributed by atoms with van der Waals surface area (Å²) in [6.07, 6.45) is -55.0. The minimum atomic E-state index is -2.22. The molecule has 0 bridgehead atoms. The summed E-state index contributed by atoms with van der Waals surface area (Å²) in [6.45, 7) is -6.56. The van der Waals surface area contributed by atoms with Crippen LogP contribution in [0.1, 0.15) is 6.92 Å². The van der Waals surface area contributed by atoms with Gasteiger partial charge in [0.1, 0.15) is 215 Å². The fourth-order valence-electron chi connectivity index (χ4n) is 11.5. The van der Waals surface area contributed by atoms with Crippen LogP contribution in [0.3, 0.4) is 0 Å². The Balaban J connectivity index is 0.000000697. The molecule has 59 nitrogen and oxygen atoms in total. The van der Waals surface area contributed by atoms with E-state index in [4.69, 9.17) is 184 Å². The van der Waals surface area contributed by atoms with Gasteiger partial charge < -0.3 is 266 Å². The third-order valence-corrected chi connectivity index (χ3v) is 18.5. The molecular weight excluding hydrogens is 1660 g/mol. The molecule has 40 N–H and O–H groups in total. The fourth-order valence-corrected chi connectivity index (χ4v) is 11.5.